The SMILES string of the molecule is COc1ccc(C=C2N=C(c3cc(OC)c(OC)c(OC)c3)OC2=O)cc1OC(C)=O. The van der Waals surface area contributed by atoms with Gasteiger partial charge in [0.2, 0.25) is 11.6 Å². The number of carbonyl (C=O) groups is 2. The molecule has 9 heteroatoms. The van der Waals surface area contributed by atoms with Gasteiger partial charge in [0.05, 0.1) is 28.4 Å². The number of hydrogen-bond acceptors (Lipinski definition) is 9. The van der Waals surface area contributed by atoms with Gasteiger partial charge in [-0.15, -0.1) is 0 Å². The van der Waals surface area contributed by atoms with Crippen molar-refractivity contribution in [2.45, 2.75) is 6.92 Å². The summed E-state index contributed by atoms with van der Waals surface area (Å²) < 4.78 is 31.6. The molecule has 162 valence electrons. The lowest BCUT2D eigenvalue weighted by Crippen LogP contribution is -2.07. The van der Waals surface area contributed by atoms with Crippen LogP contribution in [0.15, 0.2) is 41.0 Å². The van der Waals surface area contributed by atoms with Crippen LogP contribution in [0.4, 0.5) is 0 Å². The van der Waals surface area contributed by atoms with Gasteiger partial charge in [0.15, 0.2) is 28.7 Å². The zero-order valence-electron chi connectivity index (χ0n) is 17.7. The van der Waals surface area contributed by atoms with Crippen LogP contribution in [0.5, 0.6) is 28.7 Å². The van der Waals surface area contributed by atoms with Crippen LogP contribution in [0.25, 0.3) is 6.08 Å². The molecule has 0 bridgehead atoms. The first kappa shape index (κ1) is 21.7. The molecule has 1 aliphatic heterocycles. The van der Waals surface area contributed by atoms with Crippen molar-refractivity contribution < 1.29 is 38.0 Å². The molecule has 0 unspecified atom stereocenters. The minimum absolute atomic E-state index is 0.0719. The highest BCUT2D eigenvalue weighted by molar-refractivity contribution is 6.13. The number of hydrogen-bond donors (Lipinski definition) is 0. The summed E-state index contributed by atoms with van der Waals surface area (Å²) in [6.07, 6.45) is 1.51. The Balaban J connectivity index is 1.99. The lowest BCUT2D eigenvalue weighted by molar-refractivity contribution is -0.132. The van der Waals surface area contributed by atoms with Crippen molar-refractivity contribution in [2.75, 3.05) is 28.4 Å². The second kappa shape index (κ2) is 9.21. The van der Waals surface area contributed by atoms with E-state index >= 15 is 0 Å². The zero-order chi connectivity index (χ0) is 22.5. The van der Waals surface area contributed by atoms with Crippen LogP contribution in [0.1, 0.15) is 18.1 Å². The van der Waals surface area contributed by atoms with Crippen LogP contribution in [0.3, 0.4) is 0 Å². The summed E-state index contributed by atoms with van der Waals surface area (Å²) in [5, 5.41) is 0. The van der Waals surface area contributed by atoms with E-state index in [9.17, 15) is 9.59 Å². The molecule has 0 aromatic heterocycles. The number of carbonyl (C=O) groups excluding carboxylic acids is 2. The number of esters is 2. The van der Waals surface area contributed by atoms with Gasteiger partial charge in [0.1, 0.15) is 0 Å². The number of ether oxygens (including phenoxy) is 6. The Morgan fingerprint density at radius 2 is 1.55 bits per heavy atom. The minimum Gasteiger partial charge on any atom is -0.493 e. The van der Waals surface area contributed by atoms with Crippen molar-refractivity contribution in [3.05, 3.63) is 47.2 Å². The van der Waals surface area contributed by atoms with E-state index in [1.165, 1.54) is 41.4 Å². The zero-order valence-corrected chi connectivity index (χ0v) is 17.7. The lowest BCUT2D eigenvalue weighted by atomic mass is 10.1. The standard InChI is InChI=1S/C22H21NO8/c1-12(24)30-17-9-13(6-7-16(17)26-2)8-15-22(25)31-21(23-15)14-10-18(27-3)20(29-5)19(11-14)28-4/h6-11H,1-5H3. The summed E-state index contributed by atoms with van der Waals surface area (Å²) in [7, 11) is 5.92. The molecule has 9 nitrogen and oxygen atoms in total. The fraction of sp³-hybridized carbons (Fsp3) is 0.227. The van der Waals surface area contributed by atoms with Crippen molar-refractivity contribution in [3.8, 4) is 28.7 Å². The van der Waals surface area contributed by atoms with E-state index in [1.54, 1.807) is 30.3 Å². The molecule has 1 aliphatic rings. The van der Waals surface area contributed by atoms with Gasteiger partial charge in [0, 0.05) is 12.5 Å². The Morgan fingerprint density at radius 3 is 2.10 bits per heavy atom. The third-order valence-corrected chi connectivity index (χ3v) is 4.28. The molecule has 2 aromatic carbocycles. The van der Waals surface area contributed by atoms with Gasteiger partial charge in [-0.2, -0.15) is 0 Å². The maximum atomic E-state index is 12.4. The largest absolute Gasteiger partial charge is 0.493 e. The van der Waals surface area contributed by atoms with E-state index in [4.69, 9.17) is 28.4 Å². The molecule has 2 aromatic rings. The molecule has 0 amide bonds. The Kier molecular flexibility index (Phi) is 6.44. The van der Waals surface area contributed by atoms with E-state index in [0.717, 1.165) is 0 Å². The lowest BCUT2D eigenvalue weighted by Gasteiger charge is -2.13. The van der Waals surface area contributed by atoms with Gasteiger partial charge in [0.25, 0.3) is 0 Å². The van der Waals surface area contributed by atoms with E-state index in [2.05, 4.69) is 4.99 Å². The fourth-order valence-corrected chi connectivity index (χ4v) is 2.91. The molecule has 1 heterocycles. The maximum absolute atomic E-state index is 12.4. The topological polar surface area (TPSA) is 102 Å². The molecule has 0 aliphatic carbocycles. The Hall–Kier alpha value is -4.01. The maximum Gasteiger partial charge on any atom is 0.363 e. The van der Waals surface area contributed by atoms with Gasteiger partial charge >= 0.3 is 11.9 Å². The van der Waals surface area contributed by atoms with Gasteiger partial charge in [-0.1, -0.05) is 6.07 Å². The minimum atomic E-state index is -0.631. The molecule has 0 radical (unpaired) electrons. The first-order chi connectivity index (χ1) is 14.9. The Bertz CT molecular complexity index is 1060. The number of cyclic esters (lactones) is 1. The predicted octanol–water partition coefficient (Wildman–Crippen LogP) is 2.99. The summed E-state index contributed by atoms with van der Waals surface area (Å²) in [6, 6.07) is 8.13. The van der Waals surface area contributed by atoms with E-state index < -0.39 is 11.9 Å². The van der Waals surface area contributed by atoms with Crippen molar-refractivity contribution in [1.82, 2.24) is 0 Å². The highest BCUT2D eigenvalue weighted by Crippen LogP contribution is 2.39. The van der Waals surface area contributed by atoms with Crippen LogP contribution in [-0.2, 0) is 14.3 Å². The highest BCUT2D eigenvalue weighted by atomic mass is 16.6. The van der Waals surface area contributed by atoms with Crippen molar-refractivity contribution in [3.63, 3.8) is 0 Å². The summed E-state index contributed by atoms with van der Waals surface area (Å²) in [4.78, 5) is 28.0. The number of nitrogens with zero attached hydrogens (tertiary/aromatic N) is 1. The van der Waals surface area contributed by atoms with Crippen LogP contribution in [-0.4, -0.2) is 46.3 Å². The molecule has 0 saturated carbocycles. The molecule has 0 atom stereocenters. The monoisotopic (exact) mass is 427 g/mol. The highest BCUT2D eigenvalue weighted by Gasteiger charge is 2.26. The average Bonchev–Trinajstić information content (AvgIpc) is 3.12. The molecule has 0 N–H and O–H groups in total. The molecule has 31 heavy (non-hydrogen) atoms. The summed E-state index contributed by atoms with van der Waals surface area (Å²) >= 11 is 0. The molecule has 0 fully saturated rings. The van der Waals surface area contributed by atoms with Crippen LogP contribution < -0.4 is 23.7 Å². The summed E-state index contributed by atoms with van der Waals surface area (Å²) in [5.41, 5.74) is 1.11. The molecule has 3 rings (SSSR count). The quantitative estimate of drug-likeness (QED) is 0.378. The number of benzene rings is 2. The number of aliphatic imine (C=N–C) groups is 1. The first-order valence-electron chi connectivity index (χ1n) is 9.09. The van der Waals surface area contributed by atoms with Gasteiger partial charge in [-0.05, 0) is 35.9 Å². The second-order valence-corrected chi connectivity index (χ2v) is 6.25. The average molecular weight is 427 g/mol. The summed E-state index contributed by atoms with van der Waals surface area (Å²) in [6.45, 7) is 1.28. The second-order valence-electron chi connectivity index (χ2n) is 6.25. The van der Waals surface area contributed by atoms with E-state index in [0.29, 0.717) is 34.1 Å². The summed E-state index contributed by atoms with van der Waals surface area (Å²) in [5.74, 6) is 0.774. The van der Waals surface area contributed by atoms with E-state index in [-0.39, 0.29) is 17.3 Å². The van der Waals surface area contributed by atoms with Crippen molar-refractivity contribution in [1.29, 1.82) is 0 Å². The molecule has 0 saturated heterocycles. The fourth-order valence-electron chi connectivity index (χ4n) is 2.91. The van der Waals surface area contributed by atoms with Crippen LogP contribution >= 0.6 is 0 Å². The molecular formula is C22H21NO8. The van der Waals surface area contributed by atoms with E-state index in [1.807, 2.05) is 0 Å². The Morgan fingerprint density at radius 1 is 0.903 bits per heavy atom. The Labute approximate surface area is 178 Å². The van der Waals surface area contributed by atoms with Crippen LogP contribution in [0.2, 0.25) is 0 Å². The van der Waals surface area contributed by atoms with Gasteiger partial charge in [-0.25, -0.2) is 9.79 Å². The van der Waals surface area contributed by atoms with Gasteiger partial charge < -0.3 is 28.4 Å². The van der Waals surface area contributed by atoms with Crippen LogP contribution in [0, 0.1) is 0 Å². The number of methoxy groups -OCH3 is 4. The third kappa shape index (κ3) is 4.61. The van der Waals surface area contributed by atoms with Crippen molar-refractivity contribution in [2.24, 2.45) is 4.99 Å². The first-order valence-corrected chi connectivity index (χ1v) is 9.09. The molecule has 0 spiro atoms. The normalized spacial score (nSPS) is 14.0. The third-order valence-electron chi connectivity index (χ3n) is 4.28. The smallest absolute Gasteiger partial charge is 0.363 e. The number of rotatable bonds is 7. The van der Waals surface area contributed by atoms with Gasteiger partial charge in [-0.3, -0.25) is 4.79 Å². The van der Waals surface area contributed by atoms with Crippen molar-refractivity contribution >= 4 is 23.9 Å². The molecular weight excluding hydrogens is 406 g/mol. The predicted molar refractivity (Wildman–Crippen MR) is 111 cm³/mol.